The standard InChI is InChI=1S/C17H24N2O5/c1-4-22-14-7-6-12(10-15(14)23-5-2)18-16(20)11-19(3)13-8-9-24-17(13)21/h6-7,10,13H,4-5,8-9,11H2,1-3H3,(H,18,20). The van der Waals surface area contributed by atoms with Gasteiger partial charge < -0.3 is 19.5 Å². The number of benzene rings is 1. The van der Waals surface area contributed by atoms with Crippen LogP contribution in [-0.4, -0.2) is 56.2 Å². The molecule has 1 aliphatic heterocycles. The average Bonchev–Trinajstić information content (AvgIpc) is 2.96. The predicted octanol–water partition coefficient (Wildman–Crippen LogP) is 1.67. The van der Waals surface area contributed by atoms with Crippen LogP contribution in [0.2, 0.25) is 0 Å². The number of rotatable bonds is 8. The van der Waals surface area contributed by atoms with Gasteiger partial charge in [-0.3, -0.25) is 14.5 Å². The van der Waals surface area contributed by atoms with Crippen LogP contribution in [0.25, 0.3) is 0 Å². The number of cyclic esters (lactones) is 1. The number of hydrogen-bond acceptors (Lipinski definition) is 6. The van der Waals surface area contributed by atoms with E-state index in [9.17, 15) is 9.59 Å². The van der Waals surface area contributed by atoms with Crippen LogP contribution in [0, 0.1) is 0 Å². The maximum absolute atomic E-state index is 12.2. The van der Waals surface area contributed by atoms with E-state index in [4.69, 9.17) is 14.2 Å². The summed E-state index contributed by atoms with van der Waals surface area (Å²) in [6, 6.07) is 4.91. The third-order valence-corrected chi connectivity index (χ3v) is 3.66. The summed E-state index contributed by atoms with van der Waals surface area (Å²) in [6.45, 7) is 5.34. The van der Waals surface area contributed by atoms with Crippen LogP contribution in [0.3, 0.4) is 0 Å². The van der Waals surface area contributed by atoms with E-state index in [0.29, 0.717) is 43.4 Å². The van der Waals surface area contributed by atoms with Crippen LogP contribution in [0.4, 0.5) is 5.69 Å². The van der Waals surface area contributed by atoms with E-state index < -0.39 is 0 Å². The van der Waals surface area contributed by atoms with Gasteiger partial charge in [-0.25, -0.2) is 0 Å². The van der Waals surface area contributed by atoms with Gasteiger partial charge in [0.1, 0.15) is 6.04 Å². The van der Waals surface area contributed by atoms with Crippen LogP contribution in [-0.2, 0) is 14.3 Å². The van der Waals surface area contributed by atoms with Gasteiger partial charge in [0, 0.05) is 18.2 Å². The van der Waals surface area contributed by atoms with Crippen LogP contribution >= 0.6 is 0 Å². The van der Waals surface area contributed by atoms with Crippen molar-refractivity contribution in [2.45, 2.75) is 26.3 Å². The molecule has 0 aromatic heterocycles. The highest BCUT2D eigenvalue weighted by atomic mass is 16.5. The molecule has 1 saturated heterocycles. The van der Waals surface area contributed by atoms with Crippen LogP contribution < -0.4 is 14.8 Å². The zero-order valence-electron chi connectivity index (χ0n) is 14.3. The molecule has 1 aromatic carbocycles. The Kier molecular flexibility index (Phi) is 6.43. The second kappa shape index (κ2) is 8.54. The highest BCUT2D eigenvalue weighted by molar-refractivity contribution is 5.93. The lowest BCUT2D eigenvalue weighted by atomic mass is 10.2. The summed E-state index contributed by atoms with van der Waals surface area (Å²) in [6.07, 6.45) is 0.611. The molecule has 1 aromatic rings. The van der Waals surface area contributed by atoms with Gasteiger partial charge in [0.05, 0.1) is 26.4 Å². The minimum absolute atomic E-state index is 0.108. The Morgan fingerprint density at radius 1 is 1.29 bits per heavy atom. The average molecular weight is 336 g/mol. The van der Waals surface area contributed by atoms with Gasteiger partial charge in [-0.1, -0.05) is 0 Å². The van der Waals surface area contributed by atoms with E-state index in [1.807, 2.05) is 13.8 Å². The highest BCUT2D eigenvalue weighted by Crippen LogP contribution is 2.30. The van der Waals surface area contributed by atoms with Gasteiger partial charge in [0.15, 0.2) is 11.5 Å². The number of esters is 1. The summed E-state index contributed by atoms with van der Waals surface area (Å²) >= 11 is 0. The summed E-state index contributed by atoms with van der Waals surface area (Å²) in [5.74, 6) is 0.752. The third kappa shape index (κ3) is 4.61. The molecule has 1 fully saturated rings. The highest BCUT2D eigenvalue weighted by Gasteiger charge is 2.31. The molecule has 0 radical (unpaired) electrons. The number of amides is 1. The van der Waals surface area contributed by atoms with E-state index in [1.165, 1.54) is 0 Å². The van der Waals surface area contributed by atoms with Crippen molar-refractivity contribution in [3.63, 3.8) is 0 Å². The lowest BCUT2D eigenvalue weighted by Crippen LogP contribution is -2.40. The molecule has 132 valence electrons. The smallest absolute Gasteiger partial charge is 0.323 e. The molecular weight excluding hydrogens is 312 g/mol. The molecule has 1 heterocycles. The molecule has 2 rings (SSSR count). The molecule has 0 aliphatic carbocycles. The quantitative estimate of drug-likeness (QED) is 0.728. The second-order valence-electron chi connectivity index (χ2n) is 5.46. The van der Waals surface area contributed by atoms with E-state index >= 15 is 0 Å². The van der Waals surface area contributed by atoms with Crippen molar-refractivity contribution < 1.29 is 23.8 Å². The maximum Gasteiger partial charge on any atom is 0.323 e. The fraction of sp³-hybridized carbons (Fsp3) is 0.529. The van der Waals surface area contributed by atoms with Gasteiger partial charge in [0.25, 0.3) is 0 Å². The predicted molar refractivity (Wildman–Crippen MR) is 89.4 cm³/mol. The molecule has 7 heteroatoms. The molecule has 1 atom stereocenters. The lowest BCUT2D eigenvalue weighted by Gasteiger charge is -2.20. The number of anilines is 1. The van der Waals surface area contributed by atoms with Crippen molar-refractivity contribution in [2.75, 3.05) is 38.7 Å². The number of nitrogens with zero attached hydrogens (tertiary/aromatic N) is 1. The Morgan fingerprint density at radius 3 is 2.62 bits per heavy atom. The van der Waals surface area contributed by atoms with Gasteiger partial charge >= 0.3 is 5.97 Å². The molecule has 7 nitrogen and oxygen atoms in total. The van der Waals surface area contributed by atoms with Crippen molar-refractivity contribution in [3.8, 4) is 11.5 Å². The summed E-state index contributed by atoms with van der Waals surface area (Å²) in [5.41, 5.74) is 0.620. The Balaban J connectivity index is 1.97. The van der Waals surface area contributed by atoms with Crippen molar-refractivity contribution >= 4 is 17.6 Å². The van der Waals surface area contributed by atoms with E-state index in [2.05, 4.69) is 5.32 Å². The first-order valence-corrected chi connectivity index (χ1v) is 8.11. The first kappa shape index (κ1) is 18.1. The molecule has 0 bridgehead atoms. The van der Waals surface area contributed by atoms with E-state index in [-0.39, 0.29) is 24.5 Å². The molecule has 1 aliphatic rings. The van der Waals surface area contributed by atoms with E-state index in [1.54, 1.807) is 30.1 Å². The molecule has 1 amide bonds. The molecule has 1 N–H and O–H groups in total. The number of likely N-dealkylation sites (N-methyl/N-ethyl adjacent to an activating group) is 1. The zero-order valence-corrected chi connectivity index (χ0v) is 14.3. The fourth-order valence-corrected chi connectivity index (χ4v) is 2.55. The Morgan fingerprint density at radius 2 is 2.00 bits per heavy atom. The van der Waals surface area contributed by atoms with Crippen molar-refractivity contribution in [3.05, 3.63) is 18.2 Å². The summed E-state index contributed by atoms with van der Waals surface area (Å²) in [7, 11) is 1.74. The lowest BCUT2D eigenvalue weighted by molar-refractivity contribution is -0.142. The zero-order chi connectivity index (χ0) is 17.5. The Labute approximate surface area is 141 Å². The molecule has 24 heavy (non-hydrogen) atoms. The maximum atomic E-state index is 12.2. The first-order chi connectivity index (χ1) is 11.5. The molecule has 0 saturated carbocycles. The topological polar surface area (TPSA) is 77.1 Å². The van der Waals surface area contributed by atoms with Crippen LogP contribution in [0.1, 0.15) is 20.3 Å². The minimum Gasteiger partial charge on any atom is -0.490 e. The van der Waals surface area contributed by atoms with Gasteiger partial charge in [-0.15, -0.1) is 0 Å². The molecule has 0 spiro atoms. The summed E-state index contributed by atoms with van der Waals surface area (Å²) in [4.78, 5) is 25.4. The van der Waals surface area contributed by atoms with Gasteiger partial charge in [-0.05, 0) is 33.0 Å². The van der Waals surface area contributed by atoms with Gasteiger partial charge in [-0.2, -0.15) is 0 Å². The Hall–Kier alpha value is -2.28. The van der Waals surface area contributed by atoms with Crippen molar-refractivity contribution in [1.29, 1.82) is 0 Å². The molecule has 1 unspecified atom stereocenters. The Bertz CT molecular complexity index is 590. The number of nitrogens with one attached hydrogen (secondary N) is 1. The van der Waals surface area contributed by atoms with Crippen molar-refractivity contribution in [1.82, 2.24) is 4.90 Å². The summed E-state index contributed by atoms with van der Waals surface area (Å²) in [5, 5.41) is 2.81. The first-order valence-electron chi connectivity index (χ1n) is 8.11. The normalized spacial score (nSPS) is 16.8. The molecular formula is C17H24N2O5. The largest absolute Gasteiger partial charge is 0.490 e. The second-order valence-corrected chi connectivity index (χ2v) is 5.46. The van der Waals surface area contributed by atoms with Crippen LogP contribution in [0.15, 0.2) is 18.2 Å². The monoisotopic (exact) mass is 336 g/mol. The third-order valence-electron chi connectivity index (χ3n) is 3.66. The number of ether oxygens (including phenoxy) is 3. The van der Waals surface area contributed by atoms with Crippen LogP contribution in [0.5, 0.6) is 11.5 Å². The van der Waals surface area contributed by atoms with Crippen molar-refractivity contribution in [2.24, 2.45) is 0 Å². The fourth-order valence-electron chi connectivity index (χ4n) is 2.55. The van der Waals surface area contributed by atoms with E-state index in [0.717, 1.165) is 0 Å². The minimum atomic E-state index is -0.352. The summed E-state index contributed by atoms with van der Waals surface area (Å²) < 4.78 is 16.0. The number of carbonyl (C=O) groups excluding carboxylic acids is 2. The number of carbonyl (C=O) groups is 2. The van der Waals surface area contributed by atoms with Gasteiger partial charge in [0.2, 0.25) is 5.91 Å². The number of hydrogen-bond donors (Lipinski definition) is 1. The SMILES string of the molecule is CCOc1ccc(NC(=O)CN(C)C2CCOC2=O)cc1OCC.